The molecule has 0 aliphatic heterocycles. The van der Waals surface area contributed by atoms with Gasteiger partial charge in [0.25, 0.3) is 0 Å². The Bertz CT molecular complexity index is 641. The molecule has 0 amide bonds. The van der Waals surface area contributed by atoms with Crippen LogP contribution in [0.25, 0.3) is 0 Å². The number of nitrogens with one attached hydrogen (secondary N) is 1. The van der Waals surface area contributed by atoms with Gasteiger partial charge in [-0.05, 0) is 42.8 Å². The minimum Gasteiger partial charge on any atom is -0.506 e. The van der Waals surface area contributed by atoms with Crippen molar-refractivity contribution in [3.05, 3.63) is 52.5 Å². The number of carbonyl (C=O) groups is 1. The van der Waals surface area contributed by atoms with E-state index in [0.29, 0.717) is 11.4 Å². The molecule has 0 heterocycles. The molecule has 19 heavy (non-hydrogen) atoms. The number of carboxylic acids is 1. The average molecular weight is 278 g/mol. The first-order chi connectivity index (χ1) is 8.97. The number of anilines is 2. The van der Waals surface area contributed by atoms with Gasteiger partial charge in [-0.25, -0.2) is 4.79 Å². The summed E-state index contributed by atoms with van der Waals surface area (Å²) >= 11 is 6.01. The Labute approximate surface area is 115 Å². The van der Waals surface area contributed by atoms with Crippen molar-refractivity contribution in [2.75, 3.05) is 5.32 Å². The number of benzene rings is 2. The molecule has 4 nitrogen and oxygen atoms in total. The van der Waals surface area contributed by atoms with E-state index >= 15 is 0 Å². The molecule has 0 aromatic heterocycles. The van der Waals surface area contributed by atoms with Gasteiger partial charge in [0.05, 0.1) is 22.0 Å². The molecular weight excluding hydrogens is 266 g/mol. The maximum absolute atomic E-state index is 10.8. The Morgan fingerprint density at radius 2 is 1.89 bits per heavy atom. The van der Waals surface area contributed by atoms with Crippen molar-refractivity contribution in [2.45, 2.75) is 6.92 Å². The van der Waals surface area contributed by atoms with Gasteiger partial charge in [0, 0.05) is 0 Å². The lowest BCUT2D eigenvalue weighted by molar-refractivity contribution is 0.0697. The number of hydrogen-bond donors (Lipinski definition) is 3. The normalized spacial score (nSPS) is 10.2. The second-order valence-electron chi connectivity index (χ2n) is 4.15. The SMILES string of the molecule is Cc1ccc(O)c(Nc2ccc(C(=O)O)cc2Cl)c1. The topological polar surface area (TPSA) is 69.6 Å². The van der Waals surface area contributed by atoms with Crippen molar-refractivity contribution in [3.63, 3.8) is 0 Å². The molecule has 0 bridgehead atoms. The summed E-state index contributed by atoms with van der Waals surface area (Å²) in [7, 11) is 0. The molecule has 0 atom stereocenters. The summed E-state index contributed by atoms with van der Waals surface area (Å²) in [6, 6.07) is 9.51. The van der Waals surface area contributed by atoms with Gasteiger partial charge < -0.3 is 15.5 Å². The lowest BCUT2D eigenvalue weighted by Gasteiger charge is -2.11. The predicted octanol–water partition coefficient (Wildman–Crippen LogP) is 3.80. The molecule has 3 N–H and O–H groups in total. The molecule has 0 spiro atoms. The Hall–Kier alpha value is -2.20. The van der Waals surface area contributed by atoms with Crippen LogP contribution in [0.5, 0.6) is 5.75 Å². The van der Waals surface area contributed by atoms with Crippen molar-refractivity contribution in [2.24, 2.45) is 0 Å². The number of phenolic OH excluding ortho intramolecular Hbond substituents is 1. The molecule has 5 heteroatoms. The fraction of sp³-hybridized carbons (Fsp3) is 0.0714. The fourth-order valence-electron chi connectivity index (χ4n) is 1.64. The molecule has 0 radical (unpaired) electrons. The molecule has 0 aliphatic rings. The predicted molar refractivity (Wildman–Crippen MR) is 74.5 cm³/mol. The molecular formula is C14H12ClNO3. The smallest absolute Gasteiger partial charge is 0.335 e. The van der Waals surface area contributed by atoms with E-state index in [2.05, 4.69) is 5.32 Å². The summed E-state index contributed by atoms with van der Waals surface area (Å²) < 4.78 is 0. The van der Waals surface area contributed by atoms with Gasteiger partial charge in [0.2, 0.25) is 0 Å². The number of hydrogen-bond acceptors (Lipinski definition) is 3. The van der Waals surface area contributed by atoms with Crippen molar-refractivity contribution < 1.29 is 15.0 Å². The van der Waals surface area contributed by atoms with E-state index < -0.39 is 5.97 Å². The van der Waals surface area contributed by atoms with Crippen molar-refractivity contribution in [3.8, 4) is 5.75 Å². The lowest BCUT2D eigenvalue weighted by atomic mass is 10.1. The Morgan fingerprint density at radius 3 is 2.53 bits per heavy atom. The van der Waals surface area contributed by atoms with Crippen LogP contribution in [-0.2, 0) is 0 Å². The molecule has 0 fully saturated rings. The lowest BCUT2D eigenvalue weighted by Crippen LogP contribution is -1.98. The first kappa shape index (κ1) is 13.2. The van der Waals surface area contributed by atoms with E-state index in [1.807, 2.05) is 6.92 Å². The summed E-state index contributed by atoms with van der Waals surface area (Å²) in [6.45, 7) is 1.90. The van der Waals surface area contributed by atoms with Crippen LogP contribution in [0.1, 0.15) is 15.9 Å². The monoisotopic (exact) mass is 277 g/mol. The van der Waals surface area contributed by atoms with Crippen LogP contribution < -0.4 is 5.32 Å². The first-order valence-corrected chi connectivity index (χ1v) is 5.94. The number of phenols is 1. The molecule has 2 aromatic carbocycles. The summed E-state index contributed by atoms with van der Waals surface area (Å²) in [5, 5.41) is 21.8. The highest BCUT2D eigenvalue weighted by Crippen LogP contribution is 2.31. The van der Waals surface area contributed by atoms with Crippen LogP contribution >= 0.6 is 11.6 Å². The molecule has 2 aromatic rings. The number of carboxylic acid groups (broad SMARTS) is 1. The van der Waals surface area contributed by atoms with E-state index in [1.165, 1.54) is 12.1 Å². The van der Waals surface area contributed by atoms with Gasteiger partial charge in [0.15, 0.2) is 0 Å². The van der Waals surface area contributed by atoms with Gasteiger partial charge in [-0.1, -0.05) is 17.7 Å². The molecule has 2 rings (SSSR count). The van der Waals surface area contributed by atoms with Crippen LogP contribution in [0, 0.1) is 6.92 Å². The third-order valence-corrected chi connectivity index (χ3v) is 2.95. The molecule has 0 aliphatic carbocycles. The highest BCUT2D eigenvalue weighted by atomic mass is 35.5. The van der Waals surface area contributed by atoms with Gasteiger partial charge in [0.1, 0.15) is 5.75 Å². The second-order valence-corrected chi connectivity index (χ2v) is 4.55. The van der Waals surface area contributed by atoms with E-state index in [0.717, 1.165) is 5.56 Å². The average Bonchev–Trinajstić information content (AvgIpc) is 2.36. The van der Waals surface area contributed by atoms with E-state index in [1.54, 1.807) is 24.3 Å². The van der Waals surface area contributed by atoms with E-state index in [4.69, 9.17) is 16.7 Å². The number of aryl methyl sites for hydroxylation is 1. The number of aromatic hydroxyl groups is 1. The standard InChI is InChI=1S/C14H12ClNO3/c1-8-2-5-13(17)12(6-8)16-11-4-3-9(14(18)19)7-10(11)15/h2-7,16-17H,1H3,(H,18,19). The Balaban J connectivity index is 2.33. The third-order valence-electron chi connectivity index (χ3n) is 2.64. The quantitative estimate of drug-likeness (QED) is 0.747. The summed E-state index contributed by atoms with van der Waals surface area (Å²) in [6.07, 6.45) is 0. The fourth-order valence-corrected chi connectivity index (χ4v) is 1.87. The zero-order valence-corrected chi connectivity index (χ0v) is 10.9. The van der Waals surface area contributed by atoms with E-state index in [9.17, 15) is 9.90 Å². The number of rotatable bonds is 3. The van der Waals surface area contributed by atoms with Gasteiger partial charge in [-0.3, -0.25) is 0 Å². The molecule has 0 saturated carbocycles. The van der Waals surface area contributed by atoms with Gasteiger partial charge in [-0.15, -0.1) is 0 Å². The van der Waals surface area contributed by atoms with Crippen LogP contribution in [-0.4, -0.2) is 16.2 Å². The summed E-state index contributed by atoms with van der Waals surface area (Å²) in [5.41, 5.74) is 2.15. The Kier molecular flexibility index (Phi) is 3.62. The maximum Gasteiger partial charge on any atom is 0.335 e. The second kappa shape index (κ2) is 5.20. The zero-order chi connectivity index (χ0) is 14.0. The minimum atomic E-state index is -1.04. The minimum absolute atomic E-state index is 0.101. The maximum atomic E-state index is 10.8. The van der Waals surface area contributed by atoms with Gasteiger partial charge in [-0.2, -0.15) is 0 Å². The van der Waals surface area contributed by atoms with Crippen LogP contribution in [0.15, 0.2) is 36.4 Å². The highest BCUT2D eigenvalue weighted by molar-refractivity contribution is 6.33. The van der Waals surface area contributed by atoms with Crippen LogP contribution in [0.4, 0.5) is 11.4 Å². The van der Waals surface area contributed by atoms with Crippen molar-refractivity contribution >= 4 is 28.9 Å². The van der Waals surface area contributed by atoms with Crippen molar-refractivity contribution in [1.82, 2.24) is 0 Å². The summed E-state index contributed by atoms with van der Waals surface area (Å²) in [5.74, 6) is -0.934. The van der Waals surface area contributed by atoms with Crippen LogP contribution in [0.2, 0.25) is 5.02 Å². The third kappa shape index (κ3) is 2.98. The highest BCUT2D eigenvalue weighted by Gasteiger charge is 2.08. The largest absolute Gasteiger partial charge is 0.506 e. The number of halogens is 1. The van der Waals surface area contributed by atoms with Crippen LogP contribution in [0.3, 0.4) is 0 Å². The number of aromatic carboxylic acids is 1. The van der Waals surface area contributed by atoms with E-state index in [-0.39, 0.29) is 16.3 Å². The Morgan fingerprint density at radius 1 is 1.16 bits per heavy atom. The van der Waals surface area contributed by atoms with Crippen molar-refractivity contribution in [1.29, 1.82) is 0 Å². The zero-order valence-electron chi connectivity index (χ0n) is 10.1. The molecule has 0 saturated heterocycles. The molecule has 98 valence electrons. The summed E-state index contributed by atoms with van der Waals surface area (Å²) in [4.78, 5) is 10.8. The first-order valence-electron chi connectivity index (χ1n) is 5.57. The molecule has 0 unspecified atom stereocenters. The van der Waals surface area contributed by atoms with Gasteiger partial charge >= 0.3 is 5.97 Å².